The summed E-state index contributed by atoms with van der Waals surface area (Å²) in [5.41, 5.74) is 10.0. The quantitative estimate of drug-likeness (QED) is 0.843. The normalized spacial score (nSPS) is 14.5. The van der Waals surface area contributed by atoms with Crippen LogP contribution in [0.4, 0.5) is 11.4 Å². The molecule has 106 valence electrons. The molecule has 2 heterocycles. The third-order valence-corrected chi connectivity index (χ3v) is 3.88. The third kappa shape index (κ3) is 1.81. The van der Waals surface area contributed by atoms with Crippen LogP contribution in [-0.2, 0) is 6.54 Å². The fraction of sp³-hybridized carbons (Fsp3) is 0.400. The van der Waals surface area contributed by atoms with Gasteiger partial charge in [0.15, 0.2) is 0 Å². The van der Waals surface area contributed by atoms with E-state index in [2.05, 4.69) is 18.7 Å². The van der Waals surface area contributed by atoms with Crippen molar-refractivity contribution in [3.05, 3.63) is 23.9 Å². The van der Waals surface area contributed by atoms with Crippen molar-refractivity contribution in [3.63, 3.8) is 0 Å². The van der Waals surface area contributed by atoms with Crippen LogP contribution in [0.3, 0.4) is 0 Å². The van der Waals surface area contributed by atoms with E-state index in [4.69, 9.17) is 16.6 Å². The third-order valence-electron chi connectivity index (χ3n) is 3.88. The summed E-state index contributed by atoms with van der Waals surface area (Å²) < 4.78 is 1.59. The van der Waals surface area contributed by atoms with Gasteiger partial charge in [-0.25, -0.2) is 4.99 Å². The Morgan fingerprint density at radius 1 is 1.30 bits per heavy atom. The van der Waals surface area contributed by atoms with E-state index in [0.717, 1.165) is 54.0 Å². The molecule has 0 aliphatic carbocycles. The smallest absolute Gasteiger partial charge is 0.105 e. The first kappa shape index (κ1) is 12.8. The van der Waals surface area contributed by atoms with Crippen molar-refractivity contribution in [2.24, 2.45) is 4.99 Å². The number of rotatable bonds is 3. The van der Waals surface area contributed by atoms with Crippen LogP contribution in [0.5, 0.6) is 0 Å². The molecule has 0 unspecified atom stereocenters. The van der Waals surface area contributed by atoms with Crippen molar-refractivity contribution in [1.29, 1.82) is 0 Å². The number of nitrogen functional groups attached to an aromatic ring is 2. The van der Waals surface area contributed by atoms with E-state index >= 15 is 0 Å². The van der Waals surface area contributed by atoms with Crippen molar-refractivity contribution in [2.45, 2.75) is 33.2 Å². The van der Waals surface area contributed by atoms with Gasteiger partial charge in [0.05, 0.1) is 16.9 Å². The summed E-state index contributed by atoms with van der Waals surface area (Å²) >= 11 is 0. The number of aromatic nitrogens is 1. The molecule has 0 amide bonds. The summed E-state index contributed by atoms with van der Waals surface area (Å²) in [5, 5.41) is 1.05. The fourth-order valence-corrected chi connectivity index (χ4v) is 2.98. The summed E-state index contributed by atoms with van der Waals surface area (Å²) in [6, 6.07) is 4.04. The Bertz CT molecular complexity index is 683. The Morgan fingerprint density at radius 3 is 2.80 bits per heavy atom. The molecule has 0 saturated carbocycles. The van der Waals surface area contributed by atoms with Crippen molar-refractivity contribution in [3.8, 4) is 0 Å². The van der Waals surface area contributed by atoms with Gasteiger partial charge in [-0.2, -0.15) is 0 Å². The number of anilines is 1. The van der Waals surface area contributed by atoms with Gasteiger partial charge in [0, 0.05) is 36.7 Å². The van der Waals surface area contributed by atoms with Gasteiger partial charge >= 0.3 is 0 Å². The molecule has 0 spiro atoms. The van der Waals surface area contributed by atoms with Crippen molar-refractivity contribution < 1.29 is 0 Å². The lowest BCUT2D eigenvalue weighted by atomic mass is 10.0. The molecular weight excluding hydrogens is 250 g/mol. The molecule has 20 heavy (non-hydrogen) atoms. The maximum absolute atomic E-state index is 6.12. The van der Waals surface area contributed by atoms with Gasteiger partial charge in [-0.05, 0) is 18.6 Å². The summed E-state index contributed by atoms with van der Waals surface area (Å²) in [6.07, 6.45) is 3.83. The van der Waals surface area contributed by atoms with E-state index in [1.165, 1.54) is 5.56 Å². The summed E-state index contributed by atoms with van der Waals surface area (Å²) in [6.45, 7) is 6.22. The topological polar surface area (TPSA) is 72.6 Å². The highest BCUT2D eigenvalue weighted by molar-refractivity contribution is 6.00. The molecule has 5 nitrogen and oxygen atoms in total. The molecular formula is C15H21N5. The highest BCUT2D eigenvalue weighted by Crippen LogP contribution is 2.36. The number of hydrogen-bond acceptors (Lipinski definition) is 4. The Kier molecular flexibility index (Phi) is 3.04. The second-order valence-electron chi connectivity index (χ2n) is 5.25. The molecule has 1 aliphatic rings. The number of amidine groups is 1. The zero-order valence-corrected chi connectivity index (χ0v) is 12.1. The van der Waals surface area contributed by atoms with Gasteiger partial charge in [-0.15, -0.1) is 0 Å². The maximum atomic E-state index is 6.12. The molecule has 4 N–H and O–H groups in total. The zero-order chi connectivity index (χ0) is 14.3. The van der Waals surface area contributed by atoms with Gasteiger partial charge in [0.2, 0.25) is 0 Å². The molecule has 1 aromatic carbocycles. The molecule has 0 fully saturated rings. The Balaban J connectivity index is 2.20. The first-order valence-corrected chi connectivity index (χ1v) is 7.15. The molecule has 1 aromatic heterocycles. The molecule has 1 aliphatic heterocycles. The van der Waals surface area contributed by atoms with E-state index < -0.39 is 0 Å². The minimum absolute atomic E-state index is 0.728. The number of benzene rings is 1. The largest absolute Gasteiger partial charge is 0.397 e. The molecule has 0 radical (unpaired) electrons. The van der Waals surface area contributed by atoms with Crippen molar-refractivity contribution in [1.82, 2.24) is 9.58 Å². The predicted molar refractivity (Wildman–Crippen MR) is 84.6 cm³/mol. The van der Waals surface area contributed by atoms with Crippen LogP contribution in [0, 0.1) is 0 Å². The minimum atomic E-state index is 0.728. The maximum Gasteiger partial charge on any atom is 0.105 e. The lowest BCUT2D eigenvalue weighted by Crippen LogP contribution is -2.33. The standard InChI is InChI=1S/C15H21N5/c1-3-7-19-8-10-12(18-14(19)4-2)5-6-13-15(10)11(16)9-20(13)17/h5-6,9H,3-4,7-8,16-17H2,1-2H3. The lowest BCUT2D eigenvalue weighted by Gasteiger charge is -2.30. The lowest BCUT2D eigenvalue weighted by molar-refractivity contribution is 0.401. The van der Waals surface area contributed by atoms with Crippen LogP contribution in [0.25, 0.3) is 10.9 Å². The second-order valence-corrected chi connectivity index (χ2v) is 5.25. The Labute approximate surface area is 118 Å². The number of aliphatic imine (C=N–C) groups is 1. The van der Waals surface area contributed by atoms with Gasteiger partial charge in [0.25, 0.3) is 0 Å². The monoisotopic (exact) mass is 271 g/mol. The molecule has 2 aromatic rings. The molecule has 0 saturated heterocycles. The summed E-state index contributed by atoms with van der Waals surface area (Å²) in [5.74, 6) is 7.10. The van der Waals surface area contributed by atoms with Gasteiger partial charge in [0.1, 0.15) is 5.84 Å². The van der Waals surface area contributed by atoms with Crippen LogP contribution < -0.4 is 11.6 Å². The highest BCUT2D eigenvalue weighted by atomic mass is 15.3. The van der Waals surface area contributed by atoms with E-state index in [0.29, 0.717) is 0 Å². The first-order chi connectivity index (χ1) is 9.65. The summed E-state index contributed by atoms with van der Waals surface area (Å²) in [4.78, 5) is 7.14. The molecule has 5 heteroatoms. The van der Waals surface area contributed by atoms with E-state index in [9.17, 15) is 0 Å². The zero-order valence-electron chi connectivity index (χ0n) is 12.1. The minimum Gasteiger partial charge on any atom is -0.397 e. The molecule has 0 bridgehead atoms. The second kappa shape index (κ2) is 4.74. The van der Waals surface area contributed by atoms with E-state index in [1.807, 2.05) is 12.1 Å². The van der Waals surface area contributed by atoms with Crippen LogP contribution in [0.2, 0.25) is 0 Å². The van der Waals surface area contributed by atoms with Crippen molar-refractivity contribution in [2.75, 3.05) is 18.1 Å². The average molecular weight is 271 g/mol. The van der Waals surface area contributed by atoms with Gasteiger partial charge < -0.3 is 16.5 Å². The summed E-state index contributed by atoms with van der Waals surface area (Å²) in [7, 11) is 0. The molecule has 0 atom stereocenters. The van der Waals surface area contributed by atoms with Gasteiger partial charge in [-0.3, -0.25) is 4.68 Å². The highest BCUT2D eigenvalue weighted by Gasteiger charge is 2.22. The predicted octanol–water partition coefficient (Wildman–Crippen LogP) is 2.60. The fourth-order valence-electron chi connectivity index (χ4n) is 2.98. The Morgan fingerprint density at radius 2 is 2.10 bits per heavy atom. The van der Waals surface area contributed by atoms with Crippen molar-refractivity contribution >= 4 is 28.1 Å². The molecule has 3 rings (SSSR count). The Hall–Kier alpha value is -2.17. The average Bonchev–Trinajstić information content (AvgIpc) is 2.73. The van der Waals surface area contributed by atoms with Gasteiger partial charge in [-0.1, -0.05) is 13.8 Å². The number of hydrogen-bond donors (Lipinski definition) is 2. The van der Waals surface area contributed by atoms with Crippen LogP contribution >= 0.6 is 0 Å². The van der Waals surface area contributed by atoms with Crippen LogP contribution in [0.15, 0.2) is 23.3 Å². The number of fused-ring (bicyclic) bond motifs is 3. The van der Waals surface area contributed by atoms with Crippen LogP contribution in [0.1, 0.15) is 32.3 Å². The first-order valence-electron chi connectivity index (χ1n) is 7.15. The van der Waals surface area contributed by atoms with E-state index in [1.54, 1.807) is 10.9 Å². The number of nitrogens with two attached hydrogens (primary N) is 2. The van der Waals surface area contributed by atoms with E-state index in [-0.39, 0.29) is 0 Å². The number of nitrogens with zero attached hydrogens (tertiary/aromatic N) is 3. The SMILES string of the molecule is CCCN1Cc2c(ccc3c2c(N)cn3N)N=C1CC. The van der Waals surface area contributed by atoms with Crippen LogP contribution in [-0.4, -0.2) is 22.0 Å².